The Morgan fingerprint density at radius 3 is 2.20 bits per heavy atom. The van der Waals surface area contributed by atoms with Gasteiger partial charge in [0.15, 0.2) is 11.5 Å². The van der Waals surface area contributed by atoms with E-state index in [-0.39, 0.29) is 4.83 Å². The van der Waals surface area contributed by atoms with Crippen molar-refractivity contribution in [3.8, 4) is 11.5 Å². The Kier molecular flexibility index (Phi) is 5.01. The summed E-state index contributed by atoms with van der Waals surface area (Å²) >= 11 is 3.78. The number of rotatable bonds is 5. The van der Waals surface area contributed by atoms with Crippen molar-refractivity contribution in [2.24, 2.45) is 0 Å². The second-order valence-corrected chi connectivity index (χ2v) is 5.57. The zero-order valence-electron chi connectivity index (χ0n) is 11.8. The minimum absolute atomic E-state index is 0.199. The number of alkyl halides is 1. The van der Waals surface area contributed by atoms with Crippen molar-refractivity contribution in [2.75, 3.05) is 14.2 Å². The van der Waals surface area contributed by atoms with Gasteiger partial charge in [0.2, 0.25) is 0 Å². The van der Waals surface area contributed by atoms with Crippen molar-refractivity contribution >= 4 is 15.9 Å². The van der Waals surface area contributed by atoms with E-state index >= 15 is 0 Å². The first kappa shape index (κ1) is 14.9. The van der Waals surface area contributed by atoms with Crippen LogP contribution in [0.5, 0.6) is 11.5 Å². The van der Waals surface area contributed by atoms with Crippen molar-refractivity contribution in [1.29, 1.82) is 0 Å². The lowest BCUT2D eigenvalue weighted by Crippen LogP contribution is -2.03. The first-order valence-corrected chi connectivity index (χ1v) is 7.35. The molecule has 0 amide bonds. The van der Waals surface area contributed by atoms with Gasteiger partial charge in [0.25, 0.3) is 0 Å². The molecule has 0 aliphatic rings. The minimum atomic E-state index is 0.199. The van der Waals surface area contributed by atoms with Gasteiger partial charge in [0, 0.05) is 17.2 Å². The molecule has 2 unspecified atom stereocenters. The summed E-state index contributed by atoms with van der Waals surface area (Å²) in [7, 11) is 3.29. The Bertz CT molecular complexity index is 560. The number of methoxy groups -OCH3 is 2. The van der Waals surface area contributed by atoms with Crippen molar-refractivity contribution in [3.63, 3.8) is 0 Å². The highest BCUT2D eigenvalue weighted by Gasteiger charge is 2.19. The molecule has 2 atom stereocenters. The molecule has 4 heteroatoms. The van der Waals surface area contributed by atoms with Gasteiger partial charge in [-0.05, 0) is 41.3 Å². The van der Waals surface area contributed by atoms with Gasteiger partial charge >= 0.3 is 0 Å². The fraction of sp³-hybridized carbons (Fsp3) is 0.312. The zero-order valence-corrected chi connectivity index (χ0v) is 13.4. The average Bonchev–Trinajstić information content (AvgIpc) is 2.53. The lowest BCUT2D eigenvalue weighted by Gasteiger charge is -2.20. The van der Waals surface area contributed by atoms with E-state index in [4.69, 9.17) is 9.47 Å². The highest BCUT2D eigenvalue weighted by Crippen LogP contribution is 2.40. The molecule has 0 fully saturated rings. The second kappa shape index (κ2) is 6.75. The number of halogens is 1. The van der Waals surface area contributed by atoms with E-state index in [1.807, 2.05) is 36.7 Å². The summed E-state index contributed by atoms with van der Waals surface area (Å²) in [5.74, 6) is 1.82. The summed E-state index contributed by atoms with van der Waals surface area (Å²) in [5.41, 5.74) is 2.41. The predicted molar refractivity (Wildman–Crippen MR) is 83.9 cm³/mol. The summed E-state index contributed by atoms with van der Waals surface area (Å²) in [5, 5.41) is 0. The van der Waals surface area contributed by atoms with Crippen LogP contribution in [-0.4, -0.2) is 19.2 Å². The van der Waals surface area contributed by atoms with E-state index in [0.29, 0.717) is 5.92 Å². The van der Waals surface area contributed by atoms with Crippen molar-refractivity contribution < 1.29 is 9.47 Å². The van der Waals surface area contributed by atoms with E-state index < -0.39 is 0 Å². The van der Waals surface area contributed by atoms with Crippen LogP contribution in [0.15, 0.2) is 42.7 Å². The largest absolute Gasteiger partial charge is 0.493 e. The van der Waals surface area contributed by atoms with E-state index in [0.717, 1.165) is 17.1 Å². The maximum absolute atomic E-state index is 5.36. The standard InChI is InChI=1S/C16H18BrNO2/c1-11(12-6-8-18-9-7-12)16(17)13-4-5-14(19-2)15(10-13)20-3/h4-11,16H,1-3H3. The third-order valence-corrected chi connectivity index (χ3v) is 4.72. The molecular formula is C16H18BrNO2. The van der Waals surface area contributed by atoms with Gasteiger partial charge in [-0.1, -0.05) is 28.9 Å². The predicted octanol–water partition coefficient (Wildman–Crippen LogP) is 4.34. The van der Waals surface area contributed by atoms with Crippen LogP contribution in [0.25, 0.3) is 0 Å². The maximum atomic E-state index is 5.36. The summed E-state index contributed by atoms with van der Waals surface area (Å²) < 4.78 is 10.6. The van der Waals surface area contributed by atoms with E-state index in [2.05, 4.69) is 33.9 Å². The first-order valence-electron chi connectivity index (χ1n) is 6.43. The van der Waals surface area contributed by atoms with E-state index in [9.17, 15) is 0 Å². The molecule has 0 spiro atoms. The van der Waals surface area contributed by atoms with Crippen molar-refractivity contribution in [3.05, 3.63) is 53.9 Å². The third kappa shape index (κ3) is 3.12. The van der Waals surface area contributed by atoms with Gasteiger partial charge in [-0.2, -0.15) is 0 Å². The number of ether oxygens (including phenoxy) is 2. The molecule has 2 rings (SSSR count). The van der Waals surface area contributed by atoms with E-state index in [1.54, 1.807) is 14.2 Å². The fourth-order valence-corrected chi connectivity index (χ4v) is 2.74. The van der Waals surface area contributed by atoms with E-state index in [1.165, 1.54) is 5.56 Å². The zero-order chi connectivity index (χ0) is 14.5. The Balaban J connectivity index is 2.27. The van der Waals surface area contributed by atoms with Crippen LogP contribution in [-0.2, 0) is 0 Å². The van der Waals surface area contributed by atoms with Gasteiger partial charge in [0.05, 0.1) is 14.2 Å². The van der Waals surface area contributed by atoms with Crippen LogP contribution >= 0.6 is 15.9 Å². The highest BCUT2D eigenvalue weighted by molar-refractivity contribution is 9.09. The summed E-state index contributed by atoms with van der Waals surface area (Å²) in [6.45, 7) is 2.19. The van der Waals surface area contributed by atoms with Crippen molar-refractivity contribution in [2.45, 2.75) is 17.7 Å². The molecule has 1 heterocycles. The second-order valence-electron chi connectivity index (χ2n) is 4.59. The van der Waals surface area contributed by atoms with Gasteiger partial charge < -0.3 is 9.47 Å². The first-order chi connectivity index (χ1) is 9.67. The Morgan fingerprint density at radius 2 is 1.60 bits per heavy atom. The number of benzene rings is 1. The maximum Gasteiger partial charge on any atom is 0.161 e. The topological polar surface area (TPSA) is 31.4 Å². The Hall–Kier alpha value is -1.55. The molecule has 0 N–H and O–H groups in total. The molecule has 106 valence electrons. The molecule has 1 aromatic heterocycles. The Labute approximate surface area is 128 Å². The van der Waals surface area contributed by atoms with Crippen LogP contribution in [0.4, 0.5) is 0 Å². The van der Waals surface area contributed by atoms with Gasteiger partial charge in [0.1, 0.15) is 0 Å². The highest BCUT2D eigenvalue weighted by atomic mass is 79.9. The number of hydrogen-bond acceptors (Lipinski definition) is 3. The number of nitrogens with zero attached hydrogens (tertiary/aromatic N) is 1. The molecule has 0 saturated heterocycles. The monoisotopic (exact) mass is 335 g/mol. The normalized spacial score (nSPS) is 13.6. The molecule has 0 aliphatic carbocycles. The molecule has 1 aromatic carbocycles. The van der Waals surface area contributed by atoms with Crippen LogP contribution in [0.1, 0.15) is 28.8 Å². The number of aromatic nitrogens is 1. The summed E-state index contributed by atoms with van der Waals surface area (Å²) in [6, 6.07) is 10.1. The molecule has 2 aromatic rings. The average molecular weight is 336 g/mol. The van der Waals surface area contributed by atoms with Gasteiger partial charge in [-0.15, -0.1) is 0 Å². The van der Waals surface area contributed by atoms with Crippen LogP contribution in [0, 0.1) is 0 Å². The molecular weight excluding hydrogens is 318 g/mol. The number of hydrogen-bond donors (Lipinski definition) is 0. The van der Waals surface area contributed by atoms with Gasteiger partial charge in [-0.3, -0.25) is 4.98 Å². The molecule has 0 radical (unpaired) electrons. The summed E-state index contributed by atoms with van der Waals surface area (Å²) in [4.78, 5) is 4.26. The number of pyridine rings is 1. The molecule has 0 aliphatic heterocycles. The van der Waals surface area contributed by atoms with Gasteiger partial charge in [-0.25, -0.2) is 0 Å². The molecule has 0 saturated carbocycles. The van der Waals surface area contributed by atoms with Crippen LogP contribution < -0.4 is 9.47 Å². The summed E-state index contributed by atoms with van der Waals surface area (Å²) in [6.07, 6.45) is 3.64. The minimum Gasteiger partial charge on any atom is -0.493 e. The SMILES string of the molecule is COc1ccc(C(Br)C(C)c2ccncc2)cc1OC. The van der Waals surface area contributed by atoms with Crippen LogP contribution in [0.2, 0.25) is 0 Å². The molecule has 0 bridgehead atoms. The third-order valence-electron chi connectivity index (χ3n) is 3.40. The molecule has 3 nitrogen and oxygen atoms in total. The smallest absolute Gasteiger partial charge is 0.161 e. The molecule has 20 heavy (non-hydrogen) atoms. The fourth-order valence-electron chi connectivity index (χ4n) is 2.15. The van der Waals surface area contributed by atoms with Crippen LogP contribution in [0.3, 0.4) is 0 Å². The lowest BCUT2D eigenvalue weighted by molar-refractivity contribution is 0.354. The lowest BCUT2D eigenvalue weighted by atomic mass is 9.94. The van der Waals surface area contributed by atoms with Crippen molar-refractivity contribution in [1.82, 2.24) is 4.98 Å². The quantitative estimate of drug-likeness (QED) is 0.761. The Morgan fingerprint density at radius 1 is 0.950 bits per heavy atom.